The summed E-state index contributed by atoms with van der Waals surface area (Å²) in [6.07, 6.45) is 0.804. The molecule has 78 valence electrons. The number of oxazole rings is 1. The van der Waals surface area contributed by atoms with Gasteiger partial charge in [-0.3, -0.25) is 4.79 Å². The van der Waals surface area contributed by atoms with E-state index in [1.165, 1.54) is 0 Å². The van der Waals surface area contributed by atoms with E-state index in [1.54, 1.807) is 18.2 Å². The molecule has 0 unspecified atom stereocenters. The molecule has 15 heavy (non-hydrogen) atoms. The Morgan fingerprint density at radius 3 is 2.67 bits per heavy atom. The van der Waals surface area contributed by atoms with Crippen LogP contribution in [-0.4, -0.2) is 11.3 Å². The molecule has 0 aliphatic carbocycles. The van der Waals surface area contributed by atoms with Gasteiger partial charge in [0.15, 0.2) is 5.58 Å². The molecule has 0 atom stereocenters. The molecule has 0 radical (unpaired) electrons. The highest BCUT2D eigenvalue weighted by molar-refractivity contribution is 5.83. The van der Waals surface area contributed by atoms with Gasteiger partial charge in [-0.25, -0.2) is 4.98 Å². The van der Waals surface area contributed by atoms with Crippen molar-refractivity contribution in [2.45, 2.75) is 26.2 Å². The maximum absolute atomic E-state index is 10.6. The van der Waals surface area contributed by atoms with E-state index in [4.69, 9.17) is 4.42 Å². The summed E-state index contributed by atoms with van der Waals surface area (Å²) in [7, 11) is 0. The molecule has 0 saturated carbocycles. The maximum atomic E-state index is 10.6. The number of hydrogen-bond acceptors (Lipinski definition) is 3. The topological polar surface area (TPSA) is 43.1 Å². The second-order valence-electron chi connectivity index (χ2n) is 4.61. The number of aromatic nitrogens is 1. The van der Waals surface area contributed by atoms with Crippen LogP contribution < -0.4 is 0 Å². The Labute approximate surface area is 88.1 Å². The lowest BCUT2D eigenvalue weighted by molar-refractivity contribution is 0.112. The molecule has 0 fully saturated rings. The van der Waals surface area contributed by atoms with Gasteiger partial charge >= 0.3 is 0 Å². The number of benzene rings is 1. The molecule has 3 nitrogen and oxygen atoms in total. The summed E-state index contributed by atoms with van der Waals surface area (Å²) in [5.41, 5.74) is 1.97. The summed E-state index contributed by atoms with van der Waals surface area (Å²) >= 11 is 0. The molecule has 1 aromatic carbocycles. The molecule has 0 aliphatic rings. The molecule has 0 N–H and O–H groups in total. The van der Waals surface area contributed by atoms with Crippen molar-refractivity contribution < 1.29 is 9.21 Å². The van der Waals surface area contributed by atoms with Gasteiger partial charge in [-0.05, 0) is 18.2 Å². The molecule has 2 aromatic rings. The van der Waals surface area contributed by atoms with Gasteiger partial charge in [0.05, 0.1) is 0 Å². The summed E-state index contributed by atoms with van der Waals surface area (Å²) < 4.78 is 5.60. The van der Waals surface area contributed by atoms with E-state index >= 15 is 0 Å². The molecular weight excluding hydrogens is 190 g/mol. The highest BCUT2D eigenvalue weighted by atomic mass is 16.3. The fourth-order valence-electron chi connectivity index (χ4n) is 1.34. The molecule has 0 bridgehead atoms. The van der Waals surface area contributed by atoms with Gasteiger partial charge in [0.1, 0.15) is 11.8 Å². The van der Waals surface area contributed by atoms with Gasteiger partial charge in [0.25, 0.3) is 0 Å². The van der Waals surface area contributed by atoms with Gasteiger partial charge in [0, 0.05) is 11.0 Å². The van der Waals surface area contributed by atoms with Crippen molar-refractivity contribution in [3.63, 3.8) is 0 Å². The van der Waals surface area contributed by atoms with Crippen LogP contribution >= 0.6 is 0 Å². The first-order valence-electron chi connectivity index (χ1n) is 4.87. The minimum Gasteiger partial charge on any atom is -0.440 e. The van der Waals surface area contributed by atoms with Crippen molar-refractivity contribution >= 4 is 17.4 Å². The lowest BCUT2D eigenvalue weighted by Crippen LogP contribution is -2.10. The SMILES string of the molecule is CC(C)(C)c1nc2ccc(C=O)cc2o1. The summed E-state index contributed by atoms with van der Waals surface area (Å²) in [5.74, 6) is 0.695. The van der Waals surface area contributed by atoms with Crippen LogP contribution in [0.5, 0.6) is 0 Å². The lowest BCUT2D eigenvalue weighted by Gasteiger charge is -2.11. The Morgan fingerprint density at radius 2 is 2.07 bits per heavy atom. The molecule has 3 heteroatoms. The lowest BCUT2D eigenvalue weighted by atomic mass is 9.97. The Bertz CT molecular complexity index is 506. The third-order valence-electron chi connectivity index (χ3n) is 2.19. The van der Waals surface area contributed by atoms with Gasteiger partial charge in [-0.2, -0.15) is 0 Å². The third kappa shape index (κ3) is 1.77. The van der Waals surface area contributed by atoms with Crippen molar-refractivity contribution in [3.05, 3.63) is 29.7 Å². The van der Waals surface area contributed by atoms with Crippen molar-refractivity contribution in [1.29, 1.82) is 0 Å². The average molecular weight is 203 g/mol. The van der Waals surface area contributed by atoms with Crippen LogP contribution in [0.3, 0.4) is 0 Å². The van der Waals surface area contributed by atoms with Crippen LogP contribution in [0.2, 0.25) is 0 Å². The van der Waals surface area contributed by atoms with Gasteiger partial charge in [-0.15, -0.1) is 0 Å². The summed E-state index contributed by atoms with van der Waals surface area (Å²) in [6.45, 7) is 6.12. The second kappa shape index (κ2) is 3.19. The van der Waals surface area contributed by atoms with Gasteiger partial charge < -0.3 is 4.42 Å². The zero-order chi connectivity index (χ0) is 11.1. The average Bonchev–Trinajstić information content (AvgIpc) is 2.59. The van der Waals surface area contributed by atoms with E-state index < -0.39 is 0 Å². The largest absolute Gasteiger partial charge is 0.440 e. The first-order valence-corrected chi connectivity index (χ1v) is 4.87. The zero-order valence-electron chi connectivity index (χ0n) is 9.07. The predicted octanol–water partition coefficient (Wildman–Crippen LogP) is 2.94. The molecule has 1 aromatic heterocycles. The highest BCUT2D eigenvalue weighted by Crippen LogP contribution is 2.25. The highest BCUT2D eigenvalue weighted by Gasteiger charge is 2.20. The van der Waals surface area contributed by atoms with E-state index in [0.717, 1.165) is 11.8 Å². The van der Waals surface area contributed by atoms with Crippen LogP contribution in [0, 0.1) is 0 Å². The van der Waals surface area contributed by atoms with E-state index in [2.05, 4.69) is 4.98 Å². The first-order chi connectivity index (χ1) is 7.00. The quantitative estimate of drug-likeness (QED) is 0.669. The van der Waals surface area contributed by atoms with Gasteiger partial charge in [0.2, 0.25) is 5.89 Å². The maximum Gasteiger partial charge on any atom is 0.200 e. The molecule has 0 aliphatic heterocycles. The smallest absolute Gasteiger partial charge is 0.200 e. The number of rotatable bonds is 1. The number of carbonyl (C=O) groups is 1. The van der Waals surface area contributed by atoms with Crippen molar-refractivity contribution in [1.82, 2.24) is 4.98 Å². The normalized spacial score (nSPS) is 11.9. The fourth-order valence-corrected chi connectivity index (χ4v) is 1.34. The Hall–Kier alpha value is -1.64. The van der Waals surface area contributed by atoms with Gasteiger partial charge in [-0.1, -0.05) is 20.8 Å². The van der Waals surface area contributed by atoms with Crippen molar-refractivity contribution in [3.8, 4) is 0 Å². The predicted molar refractivity (Wildman–Crippen MR) is 58.1 cm³/mol. The standard InChI is InChI=1S/C12H13NO2/c1-12(2,3)11-13-9-5-4-8(7-14)6-10(9)15-11/h4-7H,1-3H3. The fraction of sp³-hybridized carbons (Fsp3) is 0.333. The number of aldehydes is 1. The van der Waals surface area contributed by atoms with E-state index in [0.29, 0.717) is 17.0 Å². The Balaban J connectivity index is 2.61. The van der Waals surface area contributed by atoms with E-state index in [-0.39, 0.29) is 5.41 Å². The summed E-state index contributed by atoms with van der Waals surface area (Å²) in [4.78, 5) is 15.0. The summed E-state index contributed by atoms with van der Waals surface area (Å²) in [6, 6.07) is 5.26. The monoisotopic (exact) mass is 203 g/mol. The molecule has 0 saturated heterocycles. The molecule has 2 rings (SSSR count). The first kappa shape index (κ1) is 9.90. The van der Waals surface area contributed by atoms with E-state index in [9.17, 15) is 4.79 Å². The molecular formula is C12H13NO2. The molecule has 1 heterocycles. The van der Waals surface area contributed by atoms with Crippen LogP contribution in [-0.2, 0) is 5.41 Å². The summed E-state index contributed by atoms with van der Waals surface area (Å²) in [5, 5.41) is 0. The number of carbonyl (C=O) groups excluding carboxylic acids is 1. The molecule has 0 spiro atoms. The van der Waals surface area contributed by atoms with Crippen LogP contribution in [0.4, 0.5) is 0 Å². The second-order valence-corrected chi connectivity index (χ2v) is 4.61. The van der Waals surface area contributed by atoms with Crippen LogP contribution in [0.15, 0.2) is 22.6 Å². The number of hydrogen-bond donors (Lipinski definition) is 0. The minimum absolute atomic E-state index is 0.111. The number of nitrogens with zero attached hydrogens (tertiary/aromatic N) is 1. The molecule has 0 amide bonds. The minimum atomic E-state index is -0.111. The Morgan fingerprint density at radius 1 is 1.33 bits per heavy atom. The van der Waals surface area contributed by atoms with Crippen LogP contribution in [0.25, 0.3) is 11.1 Å². The third-order valence-corrected chi connectivity index (χ3v) is 2.19. The zero-order valence-corrected chi connectivity index (χ0v) is 9.07. The van der Waals surface area contributed by atoms with Crippen LogP contribution in [0.1, 0.15) is 37.0 Å². The Kier molecular flexibility index (Phi) is 2.11. The van der Waals surface area contributed by atoms with Crippen molar-refractivity contribution in [2.75, 3.05) is 0 Å². The number of fused-ring (bicyclic) bond motifs is 1. The van der Waals surface area contributed by atoms with E-state index in [1.807, 2.05) is 20.8 Å². The van der Waals surface area contributed by atoms with Crippen molar-refractivity contribution in [2.24, 2.45) is 0 Å².